The second-order valence-corrected chi connectivity index (χ2v) is 6.97. The van der Waals surface area contributed by atoms with Gasteiger partial charge in [0, 0.05) is 0 Å². The van der Waals surface area contributed by atoms with Gasteiger partial charge in [-0.05, 0) is 44.0 Å². The van der Waals surface area contributed by atoms with Crippen LogP contribution in [0.25, 0.3) is 0 Å². The number of piperazine rings is 1. The molecule has 1 atom stereocenters. The molecule has 1 aromatic carbocycles. The number of nitrogens with zero attached hydrogens (tertiary/aromatic N) is 1. The number of carbonyl (C=O) groups excluding carboxylic acids is 2. The summed E-state index contributed by atoms with van der Waals surface area (Å²) in [6.07, 6.45) is 0. The van der Waals surface area contributed by atoms with Crippen molar-refractivity contribution in [3.63, 3.8) is 0 Å². The SMILES string of the molecule is Cc1cc(N)c(S(=O)(=O)N2CC(=O)NC(=O)C2C)cc1C. The van der Waals surface area contributed by atoms with E-state index in [2.05, 4.69) is 5.32 Å². The molecule has 0 aromatic heterocycles. The van der Waals surface area contributed by atoms with Crippen molar-refractivity contribution >= 4 is 27.5 Å². The average Bonchev–Trinajstić information content (AvgIpc) is 2.37. The fraction of sp³-hybridized carbons (Fsp3) is 0.385. The number of hydrogen-bond acceptors (Lipinski definition) is 5. The molecule has 1 aliphatic heterocycles. The number of benzene rings is 1. The first kappa shape index (κ1) is 15.5. The summed E-state index contributed by atoms with van der Waals surface area (Å²) in [5.74, 6) is -1.29. The molecule has 1 saturated heterocycles. The molecule has 1 aliphatic rings. The van der Waals surface area contributed by atoms with Gasteiger partial charge in [0.25, 0.3) is 0 Å². The first-order chi connectivity index (χ1) is 9.64. The molecule has 0 saturated carbocycles. The van der Waals surface area contributed by atoms with Crippen LogP contribution in [0.1, 0.15) is 18.1 Å². The lowest BCUT2D eigenvalue weighted by molar-refractivity contribution is -0.136. The predicted octanol–water partition coefficient (Wildman–Crippen LogP) is -0.0788. The summed E-state index contributed by atoms with van der Waals surface area (Å²) in [6, 6.07) is 2.07. The molecule has 1 unspecified atom stereocenters. The second kappa shape index (κ2) is 5.12. The van der Waals surface area contributed by atoms with Crippen LogP contribution in [-0.2, 0) is 19.6 Å². The normalized spacial score (nSPS) is 20.4. The van der Waals surface area contributed by atoms with E-state index in [1.54, 1.807) is 13.0 Å². The topological polar surface area (TPSA) is 110 Å². The highest BCUT2D eigenvalue weighted by atomic mass is 32.2. The largest absolute Gasteiger partial charge is 0.398 e. The first-order valence-corrected chi connectivity index (χ1v) is 7.81. The number of rotatable bonds is 2. The summed E-state index contributed by atoms with van der Waals surface area (Å²) >= 11 is 0. The molecule has 0 bridgehead atoms. The molecule has 114 valence electrons. The Morgan fingerprint density at radius 1 is 1.24 bits per heavy atom. The minimum absolute atomic E-state index is 0.0834. The van der Waals surface area contributed by atoms with Crippen LogP contribution < -0.4 is 11.1 Å². The molecule has 0 aliphatic carbocycles. The van der Waals surface area contributed by atoms with E-state index < -0.39 is 34.4 Å². The zero-order valence-electron chi connectivity index (χ0n) is 12.0. The van der Waals surface area contributed by atoms with E-state index in [1.807, 2.05) is 6.92 Å². The van der Waals surface area contributed by atoms with E-state index in [1.165, 1.54) is 13.0 Å². The van der Waals surface area contributed by atoms with Gasteiger partial charge < -0.3 is 5.73 Å². The van der Waals surface area contributed by atoms with Gasteiger partial charge in [0.1, 0.15) is 10.9 Å². The maximum atomic E-state index is 12.7. The van der Waals surface area contributed by atoms with Gasteiger partial charge >= 0.3 is 0 Å². The second-order valence-electron chi connectivity index (χ2n) is 5.11. The summed E-state index contributed by atoms with van der Waals surface area (Å²) in [6.45, 7) is 4.62. The minimum atomic E-state index is -4.02. The van der Waals surface area contributed by atoms with Crippen LogP contribution >= 0.6 is 0 Å². The molecule has 2 rings (SSSR count). The highest BCUT2D eigenvalue weighted by Gasteiger charge is 2.39. The van der Waals surface area contributed by atoms with Crippen molar-refractivity contribution in [3.05, 3.63) is 23.3 Å². The fourth-order valence-electron chi connectivity index (χ4n) is 2.15. The van der Waals surface area contributed by atoms with Gasteiger partial charge in [0.15, 0.2) is 0 Å². The lowest BCUT2D eigenvalue weighted by Gasteiger charge is -2.31. The van der Waals surface area contributed by atoms with E-state index in [0.29, 0.717) is 0 Å². The summed E-state index contributed by atoms with van der Waals surface area (Å²) < 4.78 is 26.2. The monoisotopic (exact) mass is 311 g/mol. The van der Waals surface area contributed by atoms with Crippen LogP contribution in [0.5, 0.6) is 0 Å². The van der Waals surface area contributed by atoms with Gasteiger partial charge in [-0.3, -0.25) is 14.9 Å². The van der Waals surface area contributed by atoms with Crippen molar-refractivity contribution in [1.82, 2.24) is 9.62 Å². The molecule has 7 nitrogen and oxygen atoms in total. The quantitative estimate of drug-likeness (QED) is 0.586. The number of carbonyl (C=O) groups is 2. The first-order valence-electron chi connectivity index (χ1n) is 6.37. The van der Waals surface area contributed by atoms with Gasteiger partial charge in [-0.1, -0.05) is 0 Å². The van der Waals surface area contributed by atoms with Gasteiger partial charge in [0.2, 0.25) is 21.8 Å². The third-order valence-electron chi connectivity index (χ3n) is 3.59. The molecule has 0 spiro atoms. The number of sulfonamides is 1. The van der Waals surface area contributed by atoms with Crippen LogP contribution in [0.15, 0.2) is 17.0 Å². The smallest absolute Gasteiger partial charge is 0.246 e. The number of aryl methyl sites for hydroxylation is 2. The lowest BCUT2D eigenvalue weighted by atomic mass is 10.1. The van der Waals surface area contributed by atoms with Crippen molar-refractivity contribution in [1.29, 1.82) is 0 Å². The number of hydrogen-bond donors (Lipinski definition) is 2. The Labute approximate surface area is 123 Å². The Morgan fingerprint density at radius 2 is 1.81 bits per heavy atom. The van der Waals surface area contributed by atoms with Crippen molar-refractivity contribution in [2.75, 3.05) is 12.3 Å². The Kier molecular flexibility index (Phi) is 3.77. The highest BCUT2D eigenvalue weighted by Crippen LogP contribution is 2.27. The molecule has 8 heteroatoms. The number of imide groups is 1. The molecule has 1 aromatic rings. The van der Waals surface area contributed by atoms with Crippen molar-refractivity contribution in [2.24, 2.45) is 0 Å². The number of amides is 2. The third kappa shape index (κ3) is 2.64. The zero-order chi connectivity index (χ0) is 15.9. The highest BCUT2D eigenvalue weighted by molar-refractivity contribution is 7.89. The molecular weight excluding hydrogens is 294 g/mol. The third-order valence-corrected chi connectivity index (χ3v) is 5.56. The van der Waals surface area contributed by atoms with E-state index in [-0.39, 0.29) is 10.6 Å². The van der Waals surface area contributed by atoms with E-state index in [9.17, 15) is 18.0 Å². The molecular formula is C13H17N3O4S. The van der Waals surface area contributed by atoms with Crippen LogP contribution in [0.4, 0.5) is 5.69 Å². The van der Waals surface area contributed by atoms with Crippen LogP contribution in [-0.4, -0.2) is 37.1 Å². The molecule has 21 heavy (non-hydrogen) atoms. The van der Waals surface area contributed by atoms with Gasteiger partial charge in [-0.15, -0.1) is 0 Å². The van der Waals surface area contributed by atoms with Crippen LogP contribution in [0.3, 0.4) is 0 Å². The van der Waals surface area contributed by atoms with Crippen molar-refractivity contribution in [2.45, 2.75) is 31.7 Å². The van der Waals surface area contributed by atoms with Gasteiger partial charge in [-0.25, -0.2) is 8.42 Å². The Bertz CT molecular complexity index is 727. The molecule has 2 amide bonds. The van der Waals surface area contributed by atoms with Crippen LogP contribution in [0, 0.1) is 13.8 Å². The summed E-state index contributed by atoms with van der Waals surface area (Å²) in [5, 5.41) is 2.10. The van der Waals surface area contributed by atoms with Gasteiger partial charge in [-0.2, -0.15) is 4.31 Å². The molecule has 1 fully saturated rings. The van der Waals surface area contributed by atoms with Crippen molar-refractivity contribution < 1.29 is 18.0 Å². The fourth-order valence-corrected chi connectivity index (χ4v) is 3.88. The average molecular weight is 311 g/mol. The number of nitrogen functional groups attached to an aromatic ring is 1. The molecule has 1 heterocycles. The maximum Gasteiger partial charge on any atom is 0.246 e. The Hall–Kier alpha value is -1.93. The maximum absolute atomic E-state index is 12.7. The standard InChI is InChI=1S/C13H17N3O4S/c1-7-4-10(14)11(5-8(7)2)21(19,20)16-6-12(17)15-13(18)9(16)3/h4-5,9H,6,14H2,1-3H3,(H,15,17,18). The van der Waals surface area contributed by atoms with E-state index >= 15 is 0 Å². The minimum Gasteiger partial charge on any atom is -0.398 e. The van der Waals surface area contributed by atoms with Crippen molar-refractivity contribution in [3.8, 4) is 0 Å². The Balaban J connectivity index is 2.54. The van der Waals surface area contributed by atoms with Gasteiger partial charge in [0.05, 0.1) is 12.2 Å². The zero-order valence-corrected chi connectivity index (χ0v) is 12.8. The lowest BCUT2D eigenvalue weighted by Crippen LogP contribution is -2.58. The summed E-state index contributed by atoms with van der Waals surface area (Å²) in [7, 11) is -4.02. The van der Waals surface area contributed by atoms with E-state index in [4.69, 9.17) is 5.73 Å². The molecule has 0 radical (unpaired) electrons. The molecule has 3 N–H and O–H groups in total. The van der Waals surface area contributed by atoms with Crippen LogP contribution in [0.2, 0.25) is 0 Å². The number of nitrogens with two attached hydrogens (primary N) is 1. The summed E-state index contributed by atoms with van der Waals surface area (Å²) in [4.78, 5) is 23.0. The number of anilines is 1. The Morgan fingerprint density at radius 3 is 2.43 bits per heavy atom. The summed E-state index contributed by atoms with van der Waals surface area (Å²) in [5.41, 5.74) is 7.54. The van der Waals surface area contributed by atoms with E-state index in [0.717, 1.165) is 15.4 Å². The predicted molar refractivity (Wildman–Crippen MR) is 76.8 cm³/mol. The number of nitrogens with one attached hydrogen (secondary N) is 1.